The number of H-pyrrole nitrogens is 1. The van der Waals surface area contributed by atoms with Gasteiger partial charge in [-0.2, -0.15) is 5.10 Å². The van der Waals surface area contributed by atoms with Crippen molar-refractivity contribution < 1.29 is 9.50 Å². The van der Waals surface area contributed by atoms with Crippen molar-refractivity contribution in [2.75, 3.05) is 32.7 Å². The molecule has 0 radical (unpaired) electrons. The summed E-state index contributed by atoms with van der Waals surface area (Å²) in [5, 5.41) is 22.0. The highest BCUT2D eigenvalue weighted by molar-refractivity contribution is 5.81. The van der Waals surface area contributed by atoms with Gasteiger partial charge in [0, 0.05) is 49.9 Å². The second-order valence-electron chi connectivity index (χ2n) is 6.39. The Morgan fingerprint density at radius 3 is 2.91 bits per heavy atom. The van der Waals surface area contributed by atoms with Crippen LogP contribution >= 0.6 is 0 Å². The van der Waals surface area contributed by atoms with Crippen LogP contribution in [0.1, 0.15) is 19.0 Å². The third kappa shape index (κ3) is 3.63. The molecule has 0 spiro atoms. The van der Waals surface area contributed by atoms with Crippen LogP contribution in [-0.2, 0) is 6.42 Å². The van der Waals surface area contributed by atoms with E-state index >= 15 is 0 Å². The predicted molar refractivity (Wildman–Crippen MR) is 84.3 cm³/mol. The maximum Gasteiger partial charge on any atom is 0.125 e. The fraction of sp³-hybridized carbons (Fsp3) is 0.562. The van der Waals surface area contributed by atoms with Gasteiger partial charge in [0.05, 0.1) is 11.1 Å². The Morgan fingerprint density at radius 2 is 2.14 bits per heavy atom. The van der Waals surface area contributed by atoms with Crippen LogP contribution in [0.15, 0.2) is 18.2 Å². The van der Waals surface area contributed by atoms with Crippen LogP contribution in [0.3, 0.4) is 0 Å². The van der Waals surface area contributed by atoms with E-state index in [4.69, 9.17) is 0 Å². The molecule has 1 aliphatic rings. The van der Waals surface area contributed by atoms with Crippen molar-refractivity contribution in [1.29, 1.82) is 0 Å². The van der Waals surface area contributed by atoms with Crippen molar-refractivity contribution in [2.24, 2.45) is 0 Å². The van der Waals surface area contributed by atoms with Gasteiger partial charge in [0.25, 0.3) is 0 Å². The smallest absolute Gasteiger partial charge is 0.125 e. The molecule has 0 aliphatic carbocycles. The van der Waals surface area contributed by atoms with Crippen molar-refractivity contribution in [3.63, 3.8) is 0 Å². The Balaban J connectivity index is 1.62. The number of β-amino-alcohol motifs (C(OH)–C–C–N with tert-alkyl or cyclic N) is 1. The summed E-state index contributed by atoms with van der Waals surface area (Å²) in [6.45, 7) is 6.47. The lowest BCUT2D eigenvalue weighted by molar-refractivity contribution is 0.00943. The molecule has 1 saturated heterocycles. The molecule has 0 amide bonds. The summed E-state index contributed by atoms with van der Waals surface area (Å²) in [6, 6.07) is 4.61. The molecule has 0 saturated carbocycles. The van der Waals surface area contributed by atoms with Gasteiger partial charge in [-0.05, 0) is 31.9 Å². The number of nitrogens with zero attached hydrogens (tertiary/aromatic N) is 2. The highest BCUT2D eigenvalue weighted by atomic mass is 19.1. The van der Waals surface area contributed by atoms with E-state index in [-0.39, 0.29) is 5.82 Å². The molecule has 22 heavy (non-hydrogen) atoms. The van der Waals surface area contributed by atoms with Gasteiger partial charge in [-0.25, -0.2) is 4.39 Å². The first-order chi connectivity index (χ1) is 10.5. The number of aromatic nitrogens is 2. The highest BCUT2D eigenvalue weighted by Crippen LogP contribution is 2.21. The molecule has 2 heterocycles. The van der Waals surface area contributed by atoms with E-state index in [0.717, 1.165) is 37.3 Å². The maximum absolute atomic E-state index is 13.2. The van der Waals surface area contributed by atoms with Gasteiger partial charge in [-0.15, -0.1) is 0 Å². The van der Waals surface area contributed by atoms with Crippen molar-refractivity contribution in [2.45, 2.75) is 25.4 Å². The quantitative estimate of drug-likeness (QED) is 0.779. The molecule has 1 aromatic heterocycles. The molecule has 0 bridgehead atoms. The minimum atomic E-state index is -0.741. The zero-order valence-corrected chi connectivity index (χ0v) is 12.9. The monoisotopic (exact) mass is 306 g/mol. The lowest BCUT2D eigenvalue weighted by Crippen LogP contribution is -2.49. The summed E-state index contributed by atoms with van der Waals surface area (Å²) in [5.41, 5.74) is 0.849. The molecule has 6 heteroatoms. The minimum Gasteiger partial charge on any atom is -0.389 e. The number of aryl methyl sites for hydroxylation is 1. The molecule has 1 aliphatic heterocycles. The normalized spacial score (nSPS) is 19.4. The zero-order chi connectivity index (χ0) is 15.6. The van der Waals surface area contributed by atoms with Crippen LogP contribution in [0.25, 0.3) is 10.9 Å². The van der Waals surface area contributed by atoms with Gasteiger partial charge in [0.2, 0.25) is 0 Å². The predicted octanol–water partition coefficient (Wildman–Crippen LogP) is 1.29. The van der Waals surface area contributed by atoms with E-state index in [1.54, 1.807) is 6.07 Å². The average molecular weight is 306 g/mol. The molecule has 1 fully saturated rings. The number of rotatable bonds is 5. The Bertz CT molecular complexity index is 634. The van der Waals surface area contributed by atoms with Crippen molar-refractivity contribution >= 4 is 10.9 Å². The summed E-state index contributed by atoms with van der Waals surface area (Å²) >= 11 is 0. The SMILES string of the molecule is CC(O)(CCc1[nH]nc2cc(F)ccc12)CN1CCNCC1. The minimum absolute atomic E-state index is 0.281. The molecule has 1 atom stereocenters. The number of nitrogens with one attached hydrogen (secondary N) is 2. The fourth-order valence-corrected chi connectivity index (χ4v) is 3.06. The molecule has 1 aromatic carbocycles. The largest absolute Gasteiger partial charge is 0.389 e. The fourth-order valence-electron chi connectivity index (χ4n) is 3.06. The van der Waals surface area contributed by atoms with Crippen LogP contribution in [-0.4, -0.2) is 58.5 Å². The molecule has 3 N–H and O–H groups in total. The van der Waals surface area contributed by atoms with Crippen LogP contribution < -0.4 is 5.32 Å². The van der Waals surface area contributed by atoms with Gasteiger partial charge < -0.3 is 10.4 Å². The Hall–Kier alpha value is -1.50. The third-order valence-corrected chi connectivity index (χ3v) is 4.28. The number of fused-ring (bicyclic) bond motifs is 1. The number of piperazine rings is 1. The molecule has 1 unspecified atom stereocenters. The third-order valence-electron chi connectivity index (χ3n) is 4.28. The van der Waals surface area contributed by atoms with E-state index in [1.807, 2.05) is 6.92 Å². The second-order valence-corrected chi connectivity index (χ2v) is 6.39. The number of aromatic amines is 1. The number of halogens is 1. The molecular formula is C16H23FN4O. The summed E-state index contributed by atoms with van der Waals surface area (Å²) in [6.07, 6.45) is 1.34. The standard InChI is InChI=1S/C16H23FN4O/c1-16(22,11-21-8-6-18-7-9-21)5-4-14-13-3-2-12(17)10-15(13)20-19-14/h2-3,10,18,22H,4-9,11H2,1H3,(H,19,20). The number of aliphatic hydroxyl groups is 1. The zero-order valence-electron chi connectivity index (χ0n) is 12.9. The van der Waals surface area contributed by atoms with Gasteiger partial charge in [-0.3, -0.25) is 10.00 Å². The Morgan fingerprint density at radius 1 is 1.36 bits per heavy atom. The molecular weight excluding hydrogens is 283 g/mol. The van der Waals surface area contributed by atoms with Gasteiger partial charge >= 0.3 is 0 Å². The van der Waals surface area contributed by atoms with Crippen LogP contribution in [0, 0.1) is 5.82 Å². The Kier molecular flexibility index (Phi) is 4.42. The van der Waals surface area contributed by atoms with Crippen LogP contribution in [0.2, 0.25) is 0 Å². The summed E-state index contributed by atoms with van der Waals surface area (Å²) < 4.78 is 13.2. The van der Waals surface area contributed by atoms with E-state index < -0.39 is 5.60 Å². The van der Waals surface area contributed by atoms with E-state index in [9.17, 15) is 9.50 Å². The first kappa shape index (κ1) is 15.4. The Labute approximate surface area is 129 Å². The van der Waals surface area contributed by atoms with Crippen LogP contribution in [0.5, 0.6) is 0 Å². The van der Waals surface area contributed by atoms with Crippen LogP contribution in [0.4, 0.5) is 4.39 Å². The molecule has 120 valence electrons. The first-order valence-corrected chi connectivity index (χ1v) is 7.81. The lowest BCUT2D eigenvalue weighted by atomic mass is 9.97. The number of hydrogen-bond donors (Lipinski definition) is 3. The average Bonchev–Trinajstić information content (AvgIpc) is 2.88. The number of hydrogen-bond acceptors (Lipinski definition) is 4. The van der Waals surface area contributed by atoms with E-state index in [2.05, 4.69) is 20.4 Å². The summed E-state index contributed by atoms with van der Waals surface area (Å²) in [5.74, 6) is -0.281. The first-order valence-electron chi connectivity index (χ1n) is 7.81. The second kappa shape index (κ2) is 6.32. The summed E-state index contributed by atoms with van der Waals surface area (Å²) in [7, 11) is 0. The molecule has 5 nitrogen and oxygen atoms in total. The van der Waals surface area contributed by atoms with Crippen molar-refractivity contribution in [3.8, 4) is 0 Å². The van der Waals surface area contributed by atoms with E-state index in [1.165, 1.54) is 12.1 Å². The van der Waals surface area contributed by atoms with Crippen molar-refractivity contribution in [1.82, 2.24) is 20.4 Å². The van der Waals surface area contributed by atoms with Gasteiger partial charge in [0.1, 0.15) is 5.82 Å². The highest BCUT2D eigenvalue weighted by Gasteiger charge is 2.25. The lowest BCUT2D eigenvalue weighted by Gasteiger charge is -2.34. The summed E-state index contributed by atoms with van der Waals surface area (Å²) in [4.78, 5) is 2.29. The van der Waals surface area contributed by atoms with Gasteiger partial charge in [-0.1, -0.05) is 0 Å². The van der Waals surface area contributed by atoms with Gasteiger partial charge in [0.15, 0.2) is 0 Å². The maximum atomic E-state index is 13.2. The number of benzene rings is 1. The topological polar surface area (TPSA) is 64.2 Å². The van der Waals surface area contributed by atoms with Crippen molar-refractivity contribution in [3.05, 3.63) is 29.7 Å². The molecule has 2 aromatic rings. The van der Waals surface area contributed by atoms with E-state index in [0.29, 0.717) is 24.9 Å². The molecule has 3 rings (SSSR count).